The van der Waals surface area contributed by atoms with E-state index in [-0.39, 0.29) is 0 Å². The van der Waals surface area contributed by atoms with Crippen LogP contribution in [0.4, 0.5) is 5.95 Å². The molecule has 1 aromatic heterocycles. The normalized spacial score (nSPS) is 10.6. The summed E-state index contributed by atoms with van der Waals surface area (Å²) in [7, 11) is 1.98. The van der Waals surface area contributed by atoms with Gasteiger partial charge in [-0.1, -0.05) is 23.7 Å². The Hall–Kier alpha value is -1.33. The minimum absolute atomic E-state index is 0.644. The lowest BCUT2D eigenvalue weighted by Gasteiger charge is -2.18. The number of halogens is 1. The van der Waals surface area contributed by atoms with E-state index < -0.39 is 0 Å². The summed E-state index contributed by atoms with van der Waals surface area (Å²) < 4.78 is 2.60. The van der Waals surface area contributed by atoms with Crippen molar-refractivity contribution in [1.29, 1.82) is 0 Å². The Kier molecular flexibility index (Phi) is 4.04. The van der Waals surface area contributed by atoms with Crippen LogP contribution >= 0.6 is 23.8 Å². The number of rotatable bonds is 4. The maximum absolute atomic E-state index is 5.97. The maximum Gasteiger partial charge on any atom is 0.225 e. The third-order valence-corrected chi connectivity index (χ3v) is 3.25. The zero-order valence-corrected chi connectivity index (χ0v) is 11.9. The fourth-order valence-electron chi connectivity index (χ4n) is 1.87. The number of benzene rings is 1. The summed E-state index contributed by atoms with van der Waals surface area (Å²) in [5, 5.41) is 7.80. The molecule has 0 unspecified atom stereocenters. The van der Waals surface area contributed by atoms with Crippen molar-refractivity contribution in [2.45, 2.75) is 20.0 Å². The molecule has 1 aromatic carbocycles. The molecule has 0 saturated heterocycles. The predicted molar refractivity (Wildman–Crippen MR) is 76.6 cm³/mol. The number of aromatic amines is 1. The molecule has 4 nitrogen and oxygen atoms in total. The summed E-state index contributed by atoms with van der Waals surface area (Å²) in [4.78, 5) is 2.04. The Morgan fingerprint density at radius 3 is 2.94 bits per heavy atom. The van der Waals surface area contributed by atoms with Crippen molar-refractivity contribution in [3.05, 3.63) is 39.6 Å². The highest BCUT2D eigenvalue weighted by Gasteiger charge is 2.10. The Labute approximate surface area is 116 Å². The molecule has 2 rings (SSSR count). The quantitative estimate of drug-likeness (QED) is 0.875. The fraction of sp³-hybridized carbons (Fsp3) is 0.333. The van der Waals surface area contributed by atoms with Gasteiger partial charge in [0.25, 0.3) is 0 Å². The van der Waals surface area contributed by atoms with Gasteiger partial charge < -0.3 is 4.90 Å². The molecule has 0 radical (unpaired) electrons. The number of hydrogen-bond donors (Lipinski definition) is 1. The first-order valence-corrected chi connectivity index (χ1v) is 6.51. The Balaban J connectivity index is 2.21. The van der Waals surface area contributed by atoms with Crippen LogP contribution < -0.4 is 4.90 Å². The SMILES string of the molecule is CCn1c(N(C)Cc2cccc(Cl)c2)n[nH]c1=S. The summed E-state index contributed by atoms with van der Waals surface area (Å²) in [6.07, 6.45) is 0. The molecule has 96 valence electrons. The van der Waals surface area contributed by atoms with E-state index >= 15 is 0 Å². The molecule has 0 aliphatic heterocycles. The molecule has 0 saturated carbocycles. The topological polar surface area (TPSA) is 36.9 Å². The summed E-state index contributed by atoms with van der Waals surface area (Å²) in [5.74, 6) is 0.836. The van der Waals surface area contributed by atoms with Crippen molar-refractivity contribution in [3.8, 4) is 0 Å². The zero-order valence-electron chi connectivity index (χ0n) is 10.4. The van der Waals surface area contributed by atoms with Gasteiger partial charge in [-0.3, -0.25) is 4.57 Å². The van der Waals surface area contributed by atoms with Crippen molar-refractivity contribution >= 4 is 29.8 Å². The van der Waals surface area contributed by atoms with Crippen LogP contribution in [0.25, 0.3) is 0 Å². The van der Waals surface area contributed by atoms with Crippen molar-refractivity contribution < 1.29 is 0 Å². The van der Waals surface area contributed by atoms with Gasteiger partial charge in [-0.05, 0) is 36.8 Å². The molecular weight excluding hydrogens is 268 g/mol. The van der Waals surface area contributed by atoms with Crippen LogP contribution in [0.5, 0.6) is 0 Å². The van der Waals surface area contributed by atoms with Crippen LogP contribution in [0.2, 0.25) is 5.02 Å². The number of aromatic nitrogens is 3. The Bertz CT molecular complexity index is 590. The summed E-state index contributed by atoms with van der Waals surface area (Å²) in [5.41, 5.74) is 1.14. The third kappa shape index (κ3) is 2.73. The number of anilines is 1. The summed E-state index contributed by atoms with van der Waals surface area (Å²) in [6.45, 7) is 3.58. The van der Waals surface area contributed by atoms with Gasteiger partial charge in [0, 0.05) is 25.2 Å². The lowest BCUT2D eigenvalue weighted by atomic mass is 10.2. The average molecular weight is 283 g/mol. The molecule has 1 heterocycles. The van der Waals surface area contributed by atoms with Crippen molar-refractivity contribution in [2.75, 3.05) is 11.9 Å². The first-order chi connectivity index (χ1) is 8.61. The van der Waals surface area contributed by atoms with Crippen LogP contribution in [-0.4, -0.2) is 21.8 Å². The zero-order chi connectivity index (χ0) is 13.1. The van der Waals surface area contributed by atoms with Gasteiger partial charge in [0.2, 0.25) is 5.95 Å². The van der Waals surface area contributed by atoms with Gasteiger partial charge in [0.1, 0.15) is 0 Å². The smallest absolute Gasteiger partial charge is 0.225 e. The number of nitrogens with zero attached hydrogens (tertiary/aromatic N) is 3. The van der Waals surface area contributed by atoms with E-state index in [2.05, 4.69) is 10.2 Å². The molecule has 0 aliphatic rings. The van der Waals surface area contributed by atoms with Gasteiger partial charge in [-0.2, -0.15) is 0 Å². The second-order valence-electron chi connectivity index (χ2n) is 4.06. The van der Waals surface area contributed by atoms with Gasteiger partial charge >= 0.3 is 0 Å². The van der Waals surface area contributed by atoms with Gasteiger partial charge in [-0.25, -0.2) is 5.10 Å². The number of hydrogen-bond acceptors (Lipinski definition) is 3. The lowest BCUT2D eigenvalue weighted by Crippen LogP contribution is -2.20. The molecule has 0 fully saturated rings. The highest BCUT2D eigenvalue weighted by molar-refractivity contribution is 7.71. The molecule has 0 aliphatic carbocycles. The van der Waals surface area contributed by atoms with Gasteiger partial charge in [-0.15, -0.1) is 5.10 Å². The Morgan fingerprint density at radius 2 is 2.28 bits per heavy atom. The van der Waals surface area contributed by atoms with Crippen LogP contribution in [0.1, 0.15) is 12.5 Å². The summed E-state index contributed by atoms with van der Waals surface area (Å²) in [6, 6.07) is 7.81. The van der Waals surface area contributed by atoms with Gasteiger partial charge in [0.05, 0.1) is 0 Å². The average Bonchev–Trinajstić information content (AvgIpc) is 2.70. The van der Waals surface area contributed by atoms with E-state index in [9.17, 15) is 0 Å². The third-order valence-electron chi connectivity index (χ3n) is 2.70. The largest absolute Gasteiger partial charge is 0.340 e. The van der Waals surface area contributed by atoms with Crippen molar-refractivity contribution in [3.63, 3.8) is 0 Å². The standard InChI is InChI=1S/C12H15ClN4S/c1-3-17-11(14-15-12(17)18)16(2)8-9-5-4-6-10(13)7-9/h4-7H,3,8H2,1-2H3,(H,15,18). The van der Waals surface area contributed by atoms with E-state index in [4.69, 9.17) is 23.8 Å². The van der Waals surface area contributed by atoms with E-state index in [1.165, 1.54) is 0 Å². The summed E-state index contributed by atoms with van der Waals surface area (Å²) >= 11 is 11.1. The minimum atomic E-state index is 0.644. The molecule has 6 heteroatoms. The molecule has 0 spiro atoms. The molecule has 0 atom stereocenters. The molecule has 0 amide bonds. The van der Waals surface area contributed by atoms with E-state index in [1.807, 2.05) is 47.7 Å². The van der Waals surface area contributed by atoms with Crippen molar-refractivity contribution in [2.24, 2.45) is 0 Å². The first kappa shape index (κ1) is 13.1. The van der Waals surface area contributed by atoms with Crippen molar-refractivity contribution in [1.82, 2.24) is 14.8 Å². The highest BCUT2D eigenvalue weighted by Crippen LogP contribution is 2.16. The molecule has 0 bridgehead atoms. The van der Waals surface area contributed by atoms with E-state index in [0.29, 0.717) is 4.77 Å². The molecule has 2 aromatic rings. The minimum Gasteiger partial charge on any atom is -0.340 e. The Morgan fingerprint density at radius 1 is 1.50 bits per heavy atom. The second-order valence-corrected chi connectivity index (χ2v) is 4.88. The van der Waals surface area contributed by atoms with Gasteiger partial charge in [0.15, 0.2) is 4.77 Å². The second kappa shape index (κ2) is 5.54. The fourth-order valence-corrected chi connectivity index (χ4v) is 2.33. The maximum atomic E-state index is 5.97. The van der Waals surface area contributed by atoms with Crippen LogP contribution in [-0.2, 0) is 13.1 Å². The highest BCUT2D eigenvalue weighted by atomic mass is 35.5. The van der Waals surface area contributed by atoms with E-state index in [1.54, 1.807) is 0 Å². The predicted octanol–water partition coefficient (Wildman–Crippen LogP) is 3.25. The van der Waals surface area contributed by atoms with Crippen LogP contribution in [0.3, 0.4) is 0 Å². The van der Waals surface area contributed by atoms with Crippen LogP contribution in [0.15, 0.2) is 24.3 Å². The monoisotopic (exact) mass is 282 g/mol. The van der Waals surface area contributed by atoms with E-state index in [0.717, 1.165) is 29.6 Å². The number of H-pyrrole nitrogens is 1. The molecule has 1 N–H and O–H groups in total. The lowest BCUT2D eigenvalue weighted by molar-refractivity contribution is 0.717. The number of nitrogens with one attached hydrogen (secondary N) is 1. The molecule has 18 heavy (non-hydrogen) atoms. The first-order valence-electron chi connectivity index (χ1n) is 5.72. The van der Waals surface area contributed by atoms with Crippen LogP contribution in [0, 0.1) is 4.77 Å². The molecular formula is C12H15ClN4S.